The summed E-state index contributed by atoms with van der Waals surface area (Å²) in [7, 11) is 0. The lowest BCUT2D eigenvalue weighted by molar-refractivity contribution is 0.624. The number of benzene rings is 2. The molecule has 2 aromatic rings. The maximum Gasteiger partial charge on any atom is 0.0569 e. The van der Waals surface area contributed by atoms with Gasteiger partial charge in [0.05, 0.1) is 10.7 Å². The van der Waals surface area contributed by atoms with Gasteiger partial charge in [0.1, 0.15) is 0 Å². The van der Waals surface area contributed by atoms with Crippen LogP contribution < -0.4 is 4.90 Å². The highest BCUT2D eigenvalue weighted by Crippen LogP contribution is 2.39. The third-order valence-electron chi connectivity index (χ3n) is 4.35. The molecule has 0 aliphatic carbocycles. The predicted molar refractivity (Wildman–Crippen MR) is 140 cm³/mol. The fourth-order valence-corrected chi connectivity index (χ4v) is 4.11. The second kappa shape index (κ2) is 18.2. The fourth-order valence-electron chi connectivity index (χ4n) is 2.85. The van der Waals surface area contributed by atoms with Crippen LogP contribution in [0.15, 0.2) is 51.8 Å². The molecule has 0 radical (unpaired) electrons. The molecule has 0 saturated heterocycles. The highest BCUT2D eigenvalue weighted by atomic mass is 79.9. The van der Waals surface area contributed by atoms with Gasteiger partial charge in [-0.15, -0.1) is 11.8 Å². The summed E-state index contributed by atoms with van der Waals surface area (Å²) in [4.78, 5) is 3.48. The van der Waals surface area contributed by atoms with Gasteiger partial charge in [-0.1, -0.05) is 96.0 Å². The van der Waals surface area contributed by atoms with Crippen molar-refractivity contribution >= 4 is 50.7 Å². The van der Waals surface area contributed by atoms with Gasteiger partial charge in [0.25, 0.3) is 0 Å². The van der Waals surface area contributed by atoms with E-state index in [1.807, 2.05) is 26.0 Å². The van der Waals surface area contributed by atoms with Crippen LogP contribution in [0.2, 0.25) is 5.02 Å². The van der Waals surface area contributed by atoms with Crippen LogP contribution in [0.3, 0.4) is 0 Å². The van der Waals surface area contributed by atoms with E-state index >= 15 is 0 Å². The van der Waals surface area contributed by atoms with Crippen molar-refractivity contribution in [3.63, 3.8) is 0 Å². The number of nitrogens with zero attached hydrogens (tertiary/aromatic N) is 1. The van der Waals surface area contributed by atoms with Gasteiger partial charge in [-0.25, -0.2) is 0 Å². The number of unbranched alkanes of at least 4 members (excludes halogenated alkanes) is 5. The molecule has 1 nitrogen and oxygen atoms in total. The van der Waals surface area contributed by atoms with E-state index in [1.54, 1.807) is 11.8 Å². The number of hydrogen-bond donors (Lipinski definition) is 0. The molecular weight excluding hydrogens is 462 g/mol. The minimum atomic E-state index is 0.738. The second-order valence-electron chi connectivity index (χ2n) is 6.43. The summed E-state index contributed by atoms with van der Waals surface area (Å²) in [5, 5.41) is 0.738. The summed E-state index contributed by atoms with van der Waals surface area (Å²) in [6, 6.07) is 14.5. The summed E-state index contributed by atoms with van der Waals surface area (Å²) >= 11 is 11.5. The number of para-hydroxylation sites is 1. The molecular formula is C25H39BrClNS. The Balaban J connectivity index is 0.000000664. The zero-order valence-electron chi connectivity index (χ0n) is 19.1. The molecule has 0 fully saturated rings. The maximum atomic E-state index is 6.25. The molecule has 0 saturated carbocycles. The topological polar surface area (TPSA) is 3.24 Å². The summed E-state index contributed by atoms with van der Waals surface area (Å²) in [5.74, 6) is 0. The van der Waals surface area contributed by atoms with Gasteiger partial charge in [0.15, 0.2) is 0 Å². The Labute approximate surface area is 197 Å². The Morgan fingerprint density at radius 3 is 1.90 bits per heavy atom. The molecule has 164 valence electrons. The molecule has 29 heavy (non-hydrogen) atoms. The van der Waals surface area contributed by atoms with Crippen LogP contribution in [0.5, 0.6) is 0 Å². The molecule has 4 heteroatoms. The van der Waals surface area contributed by atoms with Gasteiger partial charge in [-0.05, 0) is 53.4 Å². The standard InChI is InChI=1S/C15H15BrClNS.C8H18.C2H6/c1-3-18(11-7-5-4-6-8-11)14-10-13(17)12(16)9-15(14)19-2;1-3-5-7-8-6-4-2;1-2/h4-10H,3H2,1-2H3;3-8H2,1-2H3;1-2H3. The van der Waals surface area contributed by atoms with Gasteiger partial charge < -0.3 is 4.90 Å². The SMILES string of the molecule is CC.CCCCCCCC.CCN(c1ccccc1)c1cc(Cl)c(Br)cc1SC. The molecule has 0 atom stereocenters. The Kier molecular flexibility index (Phi) is 17.8. The number of halogens is 2. The molecule has 2 aromatic carbocycles. The van der Waals surface area contributed by atoms with Crippen LogP contribution in [0, 0.1) is 0 Å². The van der Waals surface area contributed by atoms with Crippen LogP contribution in [0.25, 0.3) is 0 Å². The van der Waals surface area contributed by atoms with Crippen molar-refractivity contribution < 1.29 is 0 Å². The van der Waals surface area contributed by atoms with E-state index in [0.717, 1.165) is 21.7 Å². The van der Waals surface area contributed by atoms with Crippen LogP contribution in [-0.4, -0.2) is 12.8 Å². The highest BCUT2D eigenvalue weighted by Gasteiger charge is 2.14. The van der Waals surface area contributed by atoms with E-state index in [0.29, 0.717) is 0 Å². The Bertz CT molecular complexity index is 643. The third kappa shape index (κ3) is 10.8. The third-order valence-corrected chi connectivity index (χ3v) is 6.32. The Morgan fingerprint density at radius 2 is 1.45 bits per heavy atom. The summed E-state index contributed by atoms with van der Waals surface area (Å²) in [6.07, 6.45) is 10.6. The van der Waals surface area contributed by atoms with Gasteiger partial charge in [0, 0.05) is 21.6 Å². The first-order valence-electron chi connectivity index (χ1n) is 10.9. The minimum absolute atomic E-state index is 0.738. The van der Waals surface area contributed by atoms with Crippen LogP contribution in [0.4, 0.5) is 11.4 Å². The molecule has 0 unspecified atom stereocenters. The monoisotopic (exact) mass is 499 g/mol. The van der Waals surface area contributed by atoms with Crippen molar-refractivity contribution in [1.82, 2.24) is 0 Å². The fraction of sp³-hybridized carbons (Fsp3) is 0.520. The summed E-state index contributed by atoms with van der Waals surface area (Å²) < 4.78 is 0.936. The van der Waals surface area contributed by atoms with Crippen LogP contribution >= 0.6 is 39.3 Å². The van der Waals surface area contributed by atoms with E-state index < -0.39 is 0 Å². The zero-order chi connectivity index (χ0) is 22.1. The van der Waals surface area contributed by atoms with E-state index in [-0.39, 0.29) is 0 Å². The zero-order valence-corrected chi connectivity index (χ0v) is 22.3. The molecule has 0 spiro atoms. The van der Waals surface area contributed by atoms with Gasteiger partial charge in [0.2, 0.25) is 0 Å². The lowest BCUT2D eigenvalue weighted by Crippen LogP contribution is -2.16. The lowest BCUT2D eigenvalue weighted by atomic mass is 10.1. The first-order valence-corrected chi connectivity index (χ1v) is 13.3. The Hall–Kier alpha value is -0.640. The van der Waals surface area contributed by atoms with Gasteiger partial charge >= 0.3 is 0 Å². The predicted octanol–water partition coefficient (Wildman–Crippen LogP) is 10.4. The average Bonchev–Trinajstić information content (AvgIpc) is 2.77. The van der Waals surface area contributed by atoms with Crippen molar-refractivity contribution in [2.75, 3.05) is 17.7 Å². The maximum absolute atomic E-state index is 6.25. The van der Waals surface area contributed by atoms with Crippen molar-refractivity contribution in [3.05, 3.63) is 52.0 Å². The number of hydrogen-bond acceptors (Lipinski definition) is 2. The van der Waals surface area contributed by atoms with Crippen molar-refractivity contribution in [2.24, 2.45) is 0 Å². The van der Waals surface area contributed by atoms with E-state index in [9.17, 15) is 0 Å². The molecule has 2 rings (SSSR count). The molecule has 0 heterocycles. The molecule has 0 amide bonds. The molecule has 0 bridgehead atoms. The Morgan fingerprint density at radius 1 is 0.897 bits per heavy atom. The van der Waals surface area contributed by atoms with Crippen molar-refractivity contribution in [2.45, 2.75) is 78.0 Å². The quantitative estimate of drug-likeness (QED) is 0.249. The molecule has 0 aromatic heterocycles. The normalized spacial score (nSPS) is 9.79. The molecule has 0 N–H and O–H groups in total. The van der Waals surface area contributed by atoms with E-state index in [1.165, 1.54) is 49.1 Å². The highest BCUT2D eigenvalue weighted by molar-refractivity contribution is 9.10. The van der Waals surface area contributed by atoms with Crippen molar-refractivity contribution in [3.8, 4) is 0 Å². The summed E-state index contributed by atoms with van der Waals surface area (Å²) in [5.41, 5.74) is 2.33. The minimum Gasteiger partial charge on any atom is -0.341 e. The van der Waals surface area contributed by atoms with Crippen LogP contribution in [-0.2, 0) is 0 Å². The van der Waals surface area contributed by atoms with Crippen molar-refractivity contribution in [1.29, 1.82) is 0 Å². The smallest absolute Gasteiger partial charge is 0.0569 e. The van der Waals surface area contributed by atoms with Crippen LogP contribution in [0.1, 0.15) is 73.1 Å². The first-order chi connectivity index (χ1) is 14.1. The summed E-state index contributed by atoms with van der Waals surface area (Å²) in [6.45, 7) is 11.6. The first kappa shape index (κ1) is 28.4. The number of anilines is 2. The molecule has 0 aliphatic rings. The molecule has 0 aliphatic heterocycles. The van der Waals surface area contributed by atoms with Gasteiger partial charge in [-0.3, -0.25) is 0 Å². The number of rotatable bonds is 9. The second-order valence-corrected chi connectivity index (χ2v) is 8.54. The lowest BCUT2D eigenvalue weighted by Gasteiger charge is -2.26. The van der Waals surface area contributed by atoms with E-state index in [4.69, 9.17) is 11.6 Å². The number of thioether (sulfide) groups is 1. The largest absolute Gasteiger partial charge is 0.341 e. The average molecular weight is 501 g/mol. The van der Waals surface area contributed by atoms with Gasteiger partial charge in [-0.2, -0.15) is 0 Å². The van der Waals surface area contributed by atoms with E-state index in [2.05, 4.69) is 78.2 Å².